The van der Waals surface area contributed by atoms with Crippen molar-refractivity contribution in [2.45, 2.75) is 96.2 Å². The fourth-order valence-electron chi connectivity index (χ4n) is 5.16. The van der Waals surface area contributed by atoms with E-state index in [1.165, 1.54) is 30.6 Å². The van der Waals surface area contributed by atoms with Crippen molar-refractivity contribution < 1.29 is 18.3 Å². The molecular weight excluding hydrogens is 520 g/mol. The highest BCUT2D eigenvalue weighted by Gasteiger charge is 2.28. The summed E-state index contributed by atoms with van der Waals surface area (Å²) in [5, 5.41) is 13.0. The standard InChI is InChI=1S/C28H40N4O4S2/c1-18-21(26(33)29-16-28(5,6)34)14-22(32(18)15-19-10-8-7-9-11-19)20-12-13-23(25-24(20)30-17-37-25)38(35,36)31-27(2,3)4/h12-14,17,19,31,34H,7-11,15-16H2,1-6H3,(H,29,33). The van der Waals surface area contributed by atoms with E-state index in [1.807, 2.05) is 39.8 Å². The Morgan fingerprint density at radius 3 is 2.47 bits per heavy atom. The first-order chi connectivity index (χ1) is 17.7. The Morgan fingerprint density at radius 1 is 1.16 bits per heavy atom. The molecule has 3 aromatic rings. The number of fused-ring (bicyclic) bond motifs is 1. The number of hydrogen-bond donors (Lipinski definition) is 3. The molecule has 0 spiro atoms. The zero-order valence-corrected chi connectivity index (χ0v) is 24.9. The number of carbonyl (C=O) groups is 1. The third-order valence-electron chi connectivity index (χ3n) is 6.91. The Kier molecular flexibility index (Phi) is 8.10. The Hall–Kier alpha value is -2.27. The molecule has 1 aromatic carbocycles. The first-order valence-corrected chi connectivity index (χ1v) is 15.6. The highest BCUT2D eigenvalue weighted by molar-refractivity contribution is 7.90. The second kappa shape index (κ2) is 10.7. The maximum Gasteiger partial charge on any atom is 0.253 e. The molecule has 3 N–H and O–H groups in total. The van der Waals surface area contributed by atoms with E-state index < -0.39 is 21.2 Å². The molecule has 0 saturated heterocycles. The number of nitrogens with one attached hydrogen (secondary N) is 2. The van der Waals surface area contributed by atoms with Crippen LogP contribution in [-0.2, 0) is 16.6 Å². The Bertz CT molecular complexity index is 1420. The van der Waals surface area contributed by atoms with Crippen LogP contribution in [0.2, 0.25) is 0 Å². The average Bonchev–Trinajstić information content (AvgIpc) is 3.41. The Balaban J connectivity index is 1.82. The molecule has 1 aliphatic rings. The number of carbonyl (C=O) groups excluding carboxylic acids is 1. The topological polar surface area (TPSA) is 113 Å². The molecule has 1 saturated carbocycles. The monoisotopic (exact) mass is 560 g/mol. The number of aliphatic hydroxyl groups is 1. The molecule has 0 bridgehead atoms. The predicted octanol–water partition coefficient (Wildman–Crippen LogP) is 5.23. The molecule has 0 radical (unpaired) electrons. The second-order valence-electron chi connectivity index (χ2n) is 12.1. The number of thiazole rings is 1. The van der Waals surface area contributed by atoms with Crippen molar-refractivity contribution in [2.24, 2.45) is 5.92 Å². The molecule has 1 aliphatic carbocycles. The third-order valence-corrected chi connectivity index (χ3v) is 9.70. The van der Waals surface area contributed by atoms with Crippen LogP contribution < -0.4 is 10.0 Å². The lowest BCUT2D eigenvalue weighted by atomic mass is 9.89. The summed E-state index contributed by atoms with van der Waals surface area (Å²) in [5.74, 6) is 0.277. The van der Waals surface area contributed by atoms with Crippen molar-refractivity contribution in [2.75, 3.05) is 6.54 Å². The van der Waals surface area contributed by atoms with Crippen LogP contribution in [0.5, 0.6) is 0 Å². The van der Waals surface area contributed by atoms with Crippen molar-refractivity contribution in [1.82, 2.24) is 19.6 Å². The predicted molar refractivity (Wildman–Crippen MR) is 153 cm³/mol. The van der Waals surface area contributed by atoms with Gasteiger partial charge in [0.25, 0.3) is 5.91 Å². The summed E-state index contributed by atoms with van der Waals surface area (Å²) in [7, 11) is -3.76. The zero-order valence-electron chi connectivity index (χ0n) is 23.2. The van der Waals surface area contributed by atoms with Gasteiger partial charge in [0, 0.05) is 29.9 Å². The van der Waals surface area contributed by atoms with Gasteiger partial charge >= 0.3 is 0 Å². The summed E-state index contributed by atoms with van der Waals surface area (Å²) in [6, 6.07) is 5.34. The Labute approximate surface area is 229 Å². The first-order valence-electron chi connectivity index (χ1n) is 13.3. The molecular formula is C28H40N4O4S2. The van der Waals surface area contributed by atoms with Crippen molar-refractivity contribution in [1.29, 1.82) is 0 Å². The largest absolute Gasteiger partial charge is 0.389 e. The summed E-state index contributed by atoms with van der Waals surface area (Å²) in [6.45, 7) is 11.6. The molecule has 0 atom stereocenters. The summed E-state index contributed by atoms with van der Waals surface area (Å²) in [5.41, 5.74) is 3.70. The quantitative estimate of drug-likeness (QED) is 0.349. The molecule has 0 aliphatic heterocycles. The molecule has 1 amide bonds. The highest BCUT2D eigenvalue weighted by atomic mass is 32.2. The van der Waals surface area contributed by atoms with Crippen LogP contribution >= 0.6 is 11.3 Å². The normalized spacial score (nSPS) is 15.8. The maximum atomic E-state index is 13.2. The van der Waals surface area contributed by atoms with Gasteiger partial charge in [-0.1, -0.05) is 19.3 Å². The van der Waals surface area contributed by atoms with Crippen LogP contribution in [0, 0.1) is 12.8 Å². The van der Waals surface area contributed by atoms with Crippen molar-refractivity contribution in [3.8, 4) is 11.3 Å². The lowest BCUT2D eigenvalue weighted by molar-refractivity contribution is 0.0694. The van der Waals surface area contributed by atoms with E-state index >= 15 is 0 Å². The summed E-state index contributed by atoms with van der Waals surface area (Å²) in [4.78, 5) is 18.0. The molecule has 208 valence electrons. The summed E-state index contributed by atoms with van der Waals surface area (Å²) in [6.07, 6.45) is 5.99. The fraction of sp³-hybridized carbons (Fsp3) is 0.571. The van der Waals surface area contributed by atoms with Crippen LogP contribution in [0.15, 0.2) is 28.6 Å². The van der Waals surface area contributed by atoms with Crippen LogP contribution in [0.1, 0.15) is 82.8 Å². The van der Waals surface area contributed by atoms with Gasteiger partial charge in [0.2, 0.25) is 10.0 Å². The van der Waals surface area contributed by atoms with Crippen LogP contribution in [-0.4, -0.2) is 46.7 Å². The zero-order chi connectivity index (χ0) is 27.9. The minimum absolute atomic E-state index is 0.137. The number of amides is 1. The van der Waals surface area contributed by atoms with Crippen molar-refractivity contribution >= 4 is 37.5 Å². The average molecular weight is 561 g/mol. The molecule has 2 aromatic heterocycles. The van der Waals surface area contributed by atoms with Gasteiger partial charge in [-0.2, -0.15) is 0 Å². The lowest BCUT2D eigenvalue weighted by Gasteiger charge is -2.24. The maximum absolute atomic E-state index is 13.2. The van der Waals surface area contributed by atoms with Crippen LogP contribution in [0.25, 0.3) is 21.5 Å². The van der Waals surface area contributed by atoms with Gasteiger partial charge in [0.1, 0.15) is 4.90 Å². The lowest BCUT2D eigenvalue weighted by Crippen LogP contribution is -2.40. The van der Waals surface area contributed by atoms with Crippen LogP contribution in [0.3, 0.4) is 0 Å². The van der Waals surface area contributed by atoms with Gasteiger partial charge in [0.05, 0.1) is 32.6 Å². The van der Waals surface area contributed by atoms with Gasteiger partial charge < -0.3 is 15.0 Å². The highest BCUT2D eigenvalue weighted by Crippen LogP contribution is 2.38. The van der Waals surface area contributed by atoms with Gasteiger partial charge in [-0.3, -0.25) is 4.79 Å². The molecule has 2 heterocycles. The molecule has 10 heteroatoms. The summed E-state index contributed by atoms with van der Waals surface area (Å²) >= 11 is 1.30. The Morgan fingerprint density at radius 2 is 1.84 bits per heavy atom. The molecule has 1 fully saturated rings. The van der Waals surface area contributed by atoms with E-state index in [1.54, 1.807) is 25.4 Å². The van der Waals surface area contributed by atoms with E-state index in [4.69, 9.17) is 0 Å². The fourth-order valence-corrected chi connectivity index (χ4v) is 7.86. The van der Waals surface area contributed by atoms with E-state index in [9.17, 15) is 18.3 Å². The number of aromatic nitrogens is 2. The number of benzene rings is 1. The number of sulfonamides is 1. The van der Waals surface area contributed by atoms with Gasteiger partial charge in [0.15, 0.2) is 0 Å². The van der Waals surface area contributed by atoms with Crippen molar-refractivity contribution in [3.05, 3.63) is 35.0 Å². The van der Waals surface area contributed by atoms with Gasteiger partial charge in [-0.15, -0.1) is 11.3 Å². The smallest absolute Gasteiger partial charge is 0.253 e. The first kappa shape index (κ1) is 28.7. The van der Waals surface area contributed by atoms with Crippen molar-refractivity contribution in [3.63, 3.8) is 0 Å². The minimum atomic E-state index is -3.76. The van der Waals surface area contributed by atoms with Gasteiger partial charge in [-0.25, -0.2) is 18.1 Å². The van der Waals surface area contributed by atoms with E-state index in [0.717, 1.165) is 36.3 Å². The van der Waals surface area contributed by atoms with Crippen LogP contribution in [0.4, 0.5) is 0 Å². The second-order valence-corrected chi connectivity index (χ2v) is 14.6. The molecule has 8 nitrogen and oxygen atoms in total. The molecule has 38 heavy (non-hydrogen) atoms. The SMILES string of the molecule is Cc1c(C(=O)NCC(C)(C)O)cc(-c2ccc(S(=O)(=O)NC(C)(C)C)c3scnc23)n1CC1CCCCC1. The van der Waals surface area contributed by atoms with E-state index in [-0.39, 0.29) is 17.3 Å². The number of nitrogens with zero attached hydrogens (tertiary/aromatic N) is 2. The molecule has 0 unspecified atom stereocenters. The number of rotatable bonds is 8. The minimum Gasteiger partial charge on any atom is -0.389 e. The van der Waals surface area contributed by atoms with E-state index in [2.05, 4.69) is 19.6 Å². The van der Waals surface area contributed by atoms with E-state index in [0.29, 0.717) is 21.7 Å². The van der Waals surface area contributed by atoms with Gasteiger partial charge in [-0.05, 0) is 78.5 Å². The number of hydrogen-bond acceptors (Lipinski definition) is 6. The summed E-state index contributed by atoms with van der Waals surface area (Å²) < 4.78 is 32.0. The third kappa shape index (κ3) is 6.47. The molecule has 4 rings (SSSR count).